The van der Waals surface area contributed by atoms with Gasteiger partial charge in [-0.3, -0.25) is 0 Å². The molecule has 3 aromatic rings. The van der Waals surface area contributed by atoms with E-state index in [1.807, 2.05) is 60.0 Å². The molecule has 1 heterocycles. The number of hydrogen-bond acceptors (Lipinski definition) is 5. The number of carbonyl (C=O) groups excluding carboxylic acids is 1. The molecule has 0 spiro atoms. The van der Waals surface area contributed by atoms with Crippen LogP contribution in [0.15, 0.2) is 53.7 Å². The molecule has 0 fully saturated rings. The van der Waals surface area contributed by atoms with Crippen molar-refractivity contribution in [3.8, 4) is 22.8 Å². The molecule has 0 bridgehead atoms. The van der Waals surface area contributed by atoms with E-state index in [-0.39, 0.29) is 5.75 Å². The Hall–Kier alpha value is -2.80. The van der Waals surface area contributed by atoms with Crippen LogP contribution in [0.1, 0.15) is 5.56 Å². The molecule has 3 rings (SSSR count). The summed E-state index contributed by atoms with van der Waals surface area (Å²) in [6.07, 6.45) is 0. The third kappa shape index (κ3) is 3.83. The average molecular weight is 355 g/mol. The van der Waals surface area contributed by atoms with E-state index < -0.39 is 5.97 Å². The number of benzene rings is 2. The van der Waals surface area contributed by atoms with Gasteiger partial charge in [-0.2, -0.15) is 4.57 Å². The van der Waals surface area contributed by atoms with E-state index >= 15 is 0 Å². The van der Waals surface area contributed by atoms with Crippen molar-refractivity contribution in [3.05, 3.63) is 54.1 Å². The van der Waals surface area contributed by atoms with Crippen molar-refractivity contribution >= 4 is 17.7 Å². The molecule has 0 unspecified atom stereocenters. The molecular formula is C18H17N3O3S. The standard InChI is InChI=1S/C18H17N3O3S/c1-12-4-3-5-13(10-12)17-19-20-18(25-11-16(22)23)21(17)14-6-8-15(24-2)9-7-14/h3-10H,11H2,1-2H3,(H,22,23). The lowest BCUT2D eigenvalue weighted by Gasteiger charge is -2.06. The molecule has 2 aromatic carbocycles. The summed E-state index contributed by atoms with van der Waals surface area (Å²) >= 11 is 1.11. The highest BCUT2D eigenvalue weighted by molar-refractivity contribution is 7.99. The predicted octanol–water partition coefficient (Wildman–Crippen LogP) is 1.51. The van der Waals surface area contributed by atoms with Crippen LogP contribution in [0, 0.1) is 6.92 Å². The number of nitrogens with one attached hydrogen (secondary N) is 1. The Kier molecular flexibility index (Phi) is 5.04. The van der Waals surface area contributed by atoms with Crippen molar-refractivity contribution in [3.63, 3.8) is 0 Å². The normalized spacial score (nSPS) is 10.6. The number of thioether (sulfide) groups is 1. The molecule has 1 N–H and O–H groups in total. The zero-order valence-corrected chi connectivity index (χ0v) is 14.7. The van der Waals surface area contributed by atoms with Gasteiger partial charge in [0, 0.05) is 5.75 Å². The maximum atomic E-state index is 10.8. The van der Waals surface area contributed by atoms with E-state index in [0.717, 1.165) is 40.2 Å². The number of nitrogens with zero attached hydrogens (tertiary/aromatic N) is 2. The van der Waals surface area contributed by atoms with Gasteiger partial charge >= 0.3 is 5.16 Å². The molecule has 0 saturated carbocycles. The molecule has 1 aromatic heterocycles. The van der Waals surface area contributed by atoms with Crippen LogP contribution in [-0.4, -0.2) is 29.0 Å². The zero-order valence-electron chi connectivity index (χ0n) is 13.9. The summed E-state index contributed by atoms with van der Waals surface area (Å²) in [5.41, 5.74) is 2.94. The first-order valence-electron chi connectivity index (χ1n) is 7.63. The molecule has 0 atom stereocenters. The van der Waals surface area contributed by atoms with Crippen LogP contribution >= 0.6 is 11.8 Å². The van der Waals surface area contributed by atoms with Gasteiger partial charge in [-0.15, -0.1) is 5.10 Å². The highest BCUT2D eigenvalue weighted by atomic mass is 32.2. The number of carboxylic acids is 1. The molecule has 128 valence electrons. The van der Waals surface area contributed by atoms with Gasteiger partial charge in [-0.1, -0.05) is 17.7 Å². The second kappa shape index (κ2) is 7.40. The molecule has 0 amide bonds. The summed E-state index contributed by atoms with van der Waals surface area (Å²) in [5.74, 6) is 0.212. The van der Waals surface area contributed by atoms with Gasteiger partial charge in [0.25, 0.3) is 5.82 Å². The molecule has 0 radical (unpaired) electrons. The summed E-state index contributed by atoms with van der Waals surface area (Å²) in [6, 6.07) is 15.5. The predicted molar refractivity (Wildman–Crippen MR) is 92.6 cm³/mol. The molecule has 7 heteroatoms. The molecule has 0 saturated heterocycles. The first kappa shape index (κ1) is 17.0. The van der Waals surface area contributed by atoms with Crippen LogP contribution in [0.3, 0.4) is 0 Å². The Labute approximate surface area is 149 Å². The van der Waals surface area contributed by atoms with Crippen LogP contribution in [0.5, 0.6) is 5.75 Å². The second-order valence-corrected chi connectivity index (χ2v) is 6.36. The van der Waals surface area contributed by atoms with Gasteiger partial charge in [0.2, 0.25) is 0 Å². The van der Waals surface area contributed by atoms with Crippen LogP contribution in [0.2, 0.25) is 0 Å². The van der Waals surface area contributed by atoms with Crippen LogP contribution < -0.4 is 14.4 Å². The molecule has 25 heavy (non-hydrogen) atoms. The first-order valence-corrected chi connectivity index (χ1v) is 8.61. The Bertz CT molecular complexity index is 891. The largest absolute Gasteiger partial charge is 0.549 e. The minimum absolute atomic E-state index is 0.172. The third-order valence-electron chi connectivity index (χ3n) is 3.61. The highest BCUT2D eigenvalue weighted by Crippen LogP contribution is 2.22. The van der Waals surface area contributed by atoms with E-state index in [9.17, 15) is 9.90 Å². The molecular weight excluding hydrogens is 338 g/mol. The number of methoxy groups -OCH3 is 1. The fourth-order valence-electron chi connectivity index (χ4n) is 2.47. The number of H-pyrrole nitrogens is 1. The topological polar surface area (TPSA) is 81.9 Å². The van der Waals surface area contributed by atoms with Gasteiger partial charge in [-0.25, -0.2) is 0 Å². The lowest BCUT2D eigenvalue weighted by Crippen LogP contribution is -2.34. The minimum atomic E-state index is -1.13. The maximum Gasteiger partial charge on any atom is 0.342 e. The van der Waals surface area contributed by atoms with Crippen molar-refractivity contribution in [2.75, 3.05) is 12.9 Å². The summed E-state index contributed by atoms with van der Waals surface area (Å²) < 4.78 is 7.09. The molecule has 0 aliphatic heterocycles. The summed E-state index contributed by atoms with van der Waals surface area (Å²) in [4.78, 5) is 10.8. The Morgan fingerprint density at radius 1 is 1.28 bits per heavy atom. The maximum absolute atomic E-state index is 10.8. The fraction of sp³-hybridized carbons (Fsp3) is 0.167. The van der Waals surface area contributed by atoms with E-state index in [2.05, 4.69) is 10.2 Å². The van der Waals surface area contributed by atoms with Gasteiger partial charge in [0.1, 0.15) is 11.4 Å². The van der Waals surface area contributed by atoms with Gasteiger partial charge in [0.15, 0.2) is 0 Å². The lowest BCUT2D eigenvalue weighted by molar-refractivity contribution is -0.625. The van der Waals surface area contributed by atoms with Crippen LogP contribution in [-0.2, 0) is 4.79 Å². The average Bonchev–Trinajstić information content (AvgIpc) is 3.04. The monoisotopic (exact) mass is 355 g/mol. The van der Waals surface area contributed by atoms with Crippen molar-refractivity contribution < 1.29 is 19.2 Å². The number of aryl methyl sites for hydroxylation is 1. The number of aromatic amines is 1. The number of aromatic nitrogens is 3. The van der Waals surface area contributed by atoms with Crippen molar-refractivity contribution in [1.82, 2.24) is 10.2 Å². The van der Waals surface area contributed by atoms with E-state index in [0.29, 0.717) is 5.16 Å². The number of carboxylic acid groups (broad SMARTS) is 1. The minimum Gasteiger partial charge on any atom is -0.549 e. The number of rotatable bonds is 6. The van der Waals surface area contributed by atoms with E-state index in [1.54, 1.807) is 7.11 Å². The van der Waals surface area contributed by atoms with Crippen LogP contribution in [0.25, 0.3) is 17.1 Å². The Morgan fingerprint density at radius 3 is 2.68 bits per heavy atom. The second-order valence-electron chi connectivity index (χ2n) is 5.42. The van der Waals surface area contributed by atoms with Crippen LogP contribution in [0.4, 0.5) is 0 Å². The fourth-order valence-corrected chi connectivity index (χ4v) is 3.16. The zero-order chi connectivity index (χ0) is 17.8. The Balaban J connectivity index is 2.10. The number of carbonyl (C=O) groups is 1. The summed E-state index contributed by atoms with van der Waals surface area (Å²) in [5, 5.41) is 18.7. The number of ether oxygens (including phenoxy) is 1. The van der Waals surface area contributed by atoms with Gasteiger partial charge in [-0.05, 0) is 55.1 Å². The Morgan fingerprint density at radius 2 is 2.04 bits per heavy atom. The molecule has 0 aliphatic rings. The molecule has 0 aliphatic carbocycles. The summed E-state index contributed by atoms with van der Waals surface area (Å²) in [6.45, 7) is 2.02. The van der Waals surface area contributed by atoms with E-state index in [4.69, 9.17) is 4.74 Å². The third-order valence-corrected chi connectivity index (χ3v) is 4.53. The van der Waals surface area contributed by atoms with Crippen molar-refractivity contribution in [2.45, 2.75) is 12.1 Å². The number of hydrogen-bond donors (Lipinski definition) is 1. The van der Waals surface area contributed by atoms with Crippen molar-refractivity contribution in [1.29, 1.82) is 0 Å². The van der Waals surface area contributed by atoms with Gasteiger partial charge < -0.3 is 14.6 Å². The number of aliphatic carboxylic acids is 1. The quantitative estimate of drug-likeness (QED) is 0.535. The SMILES string of the molecule is COc1ccc(-[n+]2c(SCC(=O)[O-])n[nH]c2-c2cccc(C)c2)cc1. The van der Waals surface area contributed by atoms with Crippen molar-refractivity contribution in [2.24, 2.45) is 0 Å². The molecule has 6 nitrogen and oxygen atoms in total. The smallest absolute Gasteiger partial charge is 0.342 e. The first-order chi connectivity index (χ1) is 12.1. The summed E-state index contributed by atoms with van der Waals surface area (Å²) in [7, 11) is 1.61. The van der Waals surface area contributed by atoms with Gasteiger partial charge in [0.05, 0.1) is 23.7 Å². The highest BCUT2D eigenvalue weighted by Gasteiger charge is 2.23. The van der Waals surface area contributed by atoms with E-state index in [1.165, 1.54) is 0 Å². The lowest BCUT2D eigenvalue weighted by atomic mass is 10.1.